The quantitative estimate of drug-likeness (QED) is 0.766. The Bertz CT molecular complexity index is 420. The zero-order valence-electron chi connectivity index (χ0n) is 15.8. The van der Waals surface area contributed by atoms with Crippen LogP contribution in [0.25, 0.3) is 0 Å². The lowest BCUT2D eigenvalue weighted by Crippen LogP contribution is -2.42. The Balaban J connectivity index is 1.86. The van der Waals surface area contributed by atoms with Crippen molar-refractivity contribution in [3.05, 3.63) is 0 Å². The molecule has 0 radical (unpaired) electrons. The van der Waals surface area contributed by atoms with Crippen molar-refractivity contribution in [2.45, 2.75) is 97.6 Å². The van der Waals surface area contributed by atoms with Crippen LogP contribution in [0.15, 0.2) is 0 Å². The average Bonchev–Trinajstić information content (AvgIpc) is 2.75. The number of hydrogen-bond acceptors (Lipinski definition) is 2. The summed E-state index contributed by atoms with van der Waals surface area (Å²) in [5.41, 5.74) is 0.249. The van der Waals surface area contributed by atoms with Crippen molar-refractivity contribution in [3.8, 4) is 0 Å². The first-order valence-corrected chi connectivity index (χ1v) is 9.62. The number of hydrogen-bond donors (Lipinski definition) is 2. The zero-order chi connectivity index (χ0) is 17.3. The number of rotatable bonds is 6. The SMILES string of the molecule is CC(=O)NC(C)(C)CCC[C@@H](C)[C@H]1CC[C@H]2[C@@H](O)CCC[C@]12C. The second kappa shape index (κ2) is 7.13. The first-order valence-electron chi connectivity index (χ1n) is 9.62. The zero-order valence-corrected chi connectivity index (χ0v) is 15.8. The van der Waals surface area contributed by atoms with Crippen molar-refractivity contribution in [3.63, 3.8) is 0 Å². The van der Waals surface area contributed by atoms with E-state index in [1.54, 1.807) is 6.92 Å². The highest BCUT2D eigenvalue weighted by Gasteiger charge is 2.51. The van der Waals surface area contributed by atoms with E-state index in [1.165, 1.54) is 32.1 Å². The van der Waals surface area contributed by atoms with Gasteiger partial charge in [-0.05, 0) is 69.1 Å². The maximum Gasteiger partial charge on any atom is 0.217 e. The van der Waals surface area contributed by atoms with Crippen LogP contribution in [-0.2, 0) is 4.79 Å². The van der Waals surface area contributed by atoms with Crippen molar-refractivity contribution >= 4 is 5.91 Å². The van der Waals surface area contributed by atoms with Gasteiger partial charge in [0.15, 0.2) is 0 Å². The van der Waals surface area contributed by atoms with E-state index in [4.69, 9.17) is 0 Å². The molecule has 2 fully saturated rings. The summed E-state index contributed by atoms with van der Waals surface area (Å²) >= 11 is 0. The van der Waals surface area contributed by atoms with E-state index in [-0.39, 0.29) is 17.6 Å². The van der Waals surface area contributed by atoms with Gasteiger partial charge in [0.1, 0.15) is 0 Å². The van der Waals surface area contributed by atoms with Crippen LogP contribution >= 0.6 is 0 Å². The van der Waals surface area contributed by atoms with Gasteiger partial charge in [-0.2, -0.15) is 0 Å². The predicted octanol–water partition coefficient (Wildman–Crippen LogP) is 4.28. The number of aliphatic hydroxyl groups excluding tert-OH is 1. The van der Waals surface area contributed by atoms with Crippen LogP contribution in [0.3, 0.4) is 0 Å². The van der Waals surface area contributed by atoms with E-state index in [0.29, 0.717) is 17.3 Å². The minimum absolute atomic E-state index is 0.0605. The molecule has 2 saturated carbocycles. The minimum Gasteiger partial charge on any atom is -0.393 e. The van der Waals surface area contributed by atoms with Crippen molar-refractivity contribution in [1.82, 2.24) is 5.32 Å². The predicted molar refractivity (Wildman–Crippen MR) is 95.1 cm³/mol. The molecule has 0 saturated heterocycles. The van der Waals surface area contributed by atoms with Crippen molar-refractivity contribution in [1.29, 1.82) is 0 Å². The highest BCUT2D eigenvalue weighted by Crippen LogP contribution is 2.58. The fraction of sp³-hybridized carbons (Fsp3) is 0.950. The number of nitrogens with one attached hydrogen (secondary N) is 1. The fourth-order valence-corrected chi connectivity index (χ4v) is 5.73. The van der Waals surface area contributed by atoms with E-state index in [1.807, 2.05) is 0 Å². The molecule has 2 N–H and O–H groups in total. The molecule has 0 aromatic heterocycles. The Morgan fingerprint density at radius 2 is 2.04 bits per heavy atom. The van der Waals surface area contributed by atoms with Gasteiger partial charge in [0.05, 0.1) is 6.10 Å². The molecular weight excluding hydrogens is 286 g/mol. The summed E-state index contributed by atoms with van der Waals surface area (Å²) in [6, 6.07) is 0. The van der Waals surface area contributed by atoms with Crippen LogP contribution in [0.2, 0.25) is 0 Å². The second-order valence-corrected chi connectivity index (χ2v) is 9.19. The van der Waals surface area contributed by atoms with E-state index in [0.717, 1.165) is 25.2 Å². The lowest BCUT2D eigenvalue weighted by atomic mass is 9.61. The van der Waals surface area contributed by atoms with E-state index in [9.17, 15) is 9.90 Å². The molecule has 0 spiro atoms. The summed E-state index contributed by atoms with van der Waals surface area (Å²) < 4.78 is 0. The second-order valence-electron chi connectivity index (χ2n) is 9.19. The minimum atomic E-state index is -0.102. The molecule has 2 aliphatic rings. The monoisotopic (exact) mass is 323 g/mol. The summed E-state index contributed by atoms with van der Waals surface area (Å²) in [6.45, 7) is 10.7. The van der Waals surface area contributed by atoms with Crippen molar-refractivity contribution < 1.29 is 9.90 Å². The molecule has 3 heteroatoms. The van der Waals surface area contributed by atoms with Gasteiger partial charge >= 0.3 is 0 Å². The number of aliphatic hydroxyl groups is 1. The largest absolute Gasteiger partial charge is 0.393 e. The van der Waals surface area contributed by atoms with Crippen LogP contribution in [0.5, 0.6) is 0 Å². The summed E-state index contributed by atoms with van der Waals surface area (Å²) in [4.78, 5) is 11.3. The maximum atomic E-state index is 11.3. The summed E-state index contributed by atoms with van der Waals surface area (Å²) in [5.74, 6) is 2.06. The number of carbonyl (C=O) groups is 1. The molecule has 0 aromatic rings. The third-order valence-electron chi connectivity index (χ3n) is 6.83. The van der Waals surface area contributed by atoms with Crippen molar-refractivity contribution in [2.24, 2.45) is 23.2 Å². The Morgan fingerprint density at radius 1 is 1.35 bits per heavy atom. The van der Waals surface area contributed by atoms with E-state index >= 15 is 0 Å². The van der Waals surface area contributed by atoms with Crippen LogP contribution < -0.4 is 5.32 Å². The molecule has 0 unspecified atom stereocenters. The van der Waals surface area contributed by atoms with Gasteiger partial charge in [-0.15, -0.1) is 0 Å². The highest BCUT2D eigenvalue weighted by atomic mass is 16.3. The molecule has 0 aromatic carbocycles. The Hall–Kier alpha value is -0.570. The molecule has 0 heterocycles. The number of amides is 1. The number of carbonyl (C=O) groups excluding carboxylic acids is 1. The van der Waals surface area contributed by atoms with Gasteiger partial charge < -0.3 is 10.4 Å². The smallest absolute Gasteiger partial charge is 0.217 e. The third kappa shape index (κ3) is 4.29. The lowest BCUT2D eigenvalue weighted by Gasteiger charge is -2.45. The first-order chi connectivity index (χ1) is 10.7. The van der Waals surface area contributed by atoms with Gasteiger partial charge in [0.25, 0.3) is 0 Å². The highest BCUT2D eigenvalue weighted by molar-refractivity contribution is 5.73. The van der Waals surface area contributed by atoms with E-state index in [2.05, 4.69) is 33.0 Å². The summed E-state index contributed by atoms with van der Waals surface area (Å²) in [6.07, 6.45) is 9.34. The number of fused-ring (bicyclic) bond motifs is 1. The molecule has 0 bridgehead atoms. The van der Waals surface area contributed by atoms with Gasteiger partial charge in [-0.1, -0.05) is 33.1 Å². The Labute approximate surface area is 142 Å². The van der Waals surface area contributed by atoms with Gasteiger partial charge in [-0.25, -0.2) is 0 Å². The molecule has 0 aliphatic heterocycles. The summed E-state index contributed by atoms with van der Waals surface area (Å²) in [7, 11) is 0. The van der Waals surface area contributed by atoms with Crippen LogP contribution in [-0.4, -0.2) is 22.7 Å². The lowest BCUT2D eigenvalue weighted by molar-refractivity contribution is -0.120. The fourth-order valence-electron chi connectivity index (χ4n) is 5.73. The normalized spacial score (nSPS) is 35.7. The van der Waals surface area contributed by atoms with Gasteiger partial charge in [0, 0.05) is 12.5 Å². The Morgan fingerprint density at radius 3 is 2.70 bits per heavy atom. The molecule has 2 aliphatic carbocycles. The standard InChI is InChI=1S/C20H37NO2/c1-14(8-6-12-19(3,4)21-15(2)22)16-10-11-17-18(23)9-7-13-20(16,17)5/h14,16-18,23H,6-13H2,1-5H3,(H,21,22)/t14-,16-,17+,18+,20-/m1/s1. The maximum absolute atomic E-state index is 11.3. The molecule has 2 rings (SSSR count). The molecule has 3 nitrogen and oxygen atoms in total. The first kappa shape index (κ1) is 18.8. The van der Waals surface area contributed by atoms with Gasteiger partial charge in [0.2, 0.25) is 5.91 Å². The molecule has 5 atom stereocenters. The molecular formula is C20H37NO2. The third-order valence-corrected chi connectivity index (χ3v) is 6.83. The summed E-state index contributed by atoms with van der Waals surface area (Å²) in [5, 5.41) is 13.4. The topological polar surface area (TPSA) is 49.3 Å². The van der Waals surface area contributed by atoms with Crippen LogP contribution in [0.4, 0.5) is 0 Å². The Kier molecular flexibility index (Phi) is 5.81. The van der Waals surface area contributed by atoms with Gasteiger partial charge in [-0.3, -0.25) is 4.79 Å². The molecule has 1 amide bonds. The average molecular weight is 324 g/mol. The van der Waals surface area contributed by atoms with Crippen molar-refractivity contribution in [2.75, 3.05) is 0 Å². The van der Waals surface area contributed by atoms with Crippen LogP contribution in [0.1, 0.15) is 86.0 Å². The van der Waals surface area contributed by atoms with Crippen LogP contribution in [0, 0.1) is 23.2 Å². The van der Waals surface area contributed by atoms with E-state index < -0.39 is 0 Å². The molecule has 134 valence electrons. The molecule has 23 heavy (non-hydrogen) atoms.